The maximum atomic E-state index is 10.9. The standard InChI is InChI=1S/C41H62O3/c1-41-27-26-37-36-23-22-35(42)30-34(36)29-33(40(37)38(41)24-25-39(41)43)21-17-12-10-8-6-4-2-3-5-7-9-11-13-18-28-44-31-32-19-15-14-16-20-32/h14-16,19-20,22-23,30,33,37-40,42-43H,2-13,17-18,21,24-29,31H2,1H3/t33-,37?,38?,39+,40?,41+/m1/s1. The molecule has 0 aliphatic heterocycles. The van der Waals surface area contributed by atoms with Crippen molar-refractivity contribution in [3.63, 3.8) is 0 Å². The first-order valence-electron chi connectivity index (χ1n) is 18.7. The molecular formula is C41H62O3. The van der Waals surface area contributed by atoms with Crippen molar-refractivity contribution in [3.05, 3.63) is 65.2 Å². The molecule has 3 heteroatoms. The number of rotatable bonds is 19. The van der Waals surface area contributed by atoms with Gasteiger partial charge in [-0.1, -0.05) is 127 Å². The fraction of sp³-hybridized carbons (Fsp3) is 0.707. The smallest absolute Gasteiger partial charge is 0.115 e. The maximum absolute atomic E-state index is 10.9. The number of unbranched alkanes of at least 4 members (excludes halogenated alkanes) is 13. The minimum Gasteiger partial charge on any atom is -0.508 e. The Kier molecular flexibility index (Phi) is 13.1. The van der Waals surface area contributed by atoms with E-state index in [2.05, 4.69) is 49.4 Å². The second-order valence-electron chi connectivity index (χ2n) is 15.1. The largest absolute Gasteiger partial charge is 0.508 e. The number of ether oxygens (including phenoxy) is 1. The zero-order chi connectivity index (χ0) is 30.6. The first-order chi connectivity index (χ1) is 21.6. The van der Waals surface area contributed by atoms with Crippen molar-refractivity contribution < 1.29 is 14.9 Å². The Bertz CT molecular complexity index is 1100. The van der Waals surface area contributed by atoms with E-state index in [-0.39, 0.29) is 11.5 Å². The minimum atomic E-state index is -0.114. The summed E-state index contributed by atoms with van der Waals surface area (Å²) in [5, 5.41) is 21.1. The van der Waals surface area contributed by atoms with Crippen LogP contribution in [0.3, 0.4) is 0 Å². The Morgan fingerprint density at radius 1 is 0.750 bits per heavy atom. The molecule has 3 aliphatic rings. The molecule has 2 aromatic rings. The van der Waals surface area contributed by atoms with Crippen LogP contribution in [0.4, 0.5) is 0 Å². The van der Waals surface area contributed by atoms with Gasteiger partial charge >= 0.3 is 0 Å². The molecule has 0 spiro atoms. The van der Waals surface area contributed by atoms with E-state index in [1.54, 1.807) is 0 Å². The molecule has 0 bridgehead atoms. The van der Waals surface area contributed by atoms with Crippen molar-refractivity contribution >= 4 is 0 Å². The third-order valence-corrected chi connectivity index (χ3v) is 12.1. The van der Waals surface area contributed by atoms with Crippen LogP contribution in [0.2, 0.25) is 0 Å². The summed E-state index contributed by atoms with van der Waals surface area (Å²) in [6, 6.07) is 16.7. The number of phenols is 1. The van der Waals surface area contributed by atoms with Crippen molar-refractivity contribution in [1.29, 1.82) is 0 Å². The van der Waals surface area contributed by atoms with Crippen LogP contribution in [0, 0.1) is 23.2 Å². The molecule has 0 heterocycles. The number of aliphatic hydroxyl groups excluding tert-OH is 1. The molecule has 3 aliphatic carbocycles. The number of hydrogen-bond acceptors (Lipinski definition) is 3. The summed E-state index contributed by atoms with van der Waals surface area (Å²) < 4.78 is 5.80. The molecule has 0 radical (unpaired) electrons. The van der Waals surface area contributed by atoms with Gasteiger partial charge in [0.25, 0.3) is 0 Å². The third kappa shape index (κ3) is 8.91. The van der Waals surface area contributed by atoms with Crippen molar-refractivity contribution in [2.45, 2.75) is 154 Å². The van der Waals surface area contributed by atoms with Gasteiger partial charge in [0, 0.05) is 6.61 Å². The predicted octanol–water partition coefficient (Wildman–Crippen LogP) is 10.9. The molecule has 2 saturated carbocycles. The molecule has 2 fully saturated rings. The predicted molar refractivity (Wildman–Crippen MR) is 183 cm³/mol. The first-order valence-corrected chi connectivity index (χ1v) is 18.7. The molecule has 6 atom stereocenters. The van der Waals surface area contributed by atoms with E-state index in [9.17, 15) is 10.2 Å². The van der Waals surface area contributed by atoms with Gasteiger partial charge in [0.2, 0.25) is 0 Å². The van der Waals surface area contributed by atoms with Crippen molar-refractivity contribution in [1.82, 2.24) is 0 Å². The lowest BCUT2D eigenvalue weighted by molar-refractivity contribution is -0.0396. The van der Waals surface area contributed by atoms with Crippen LogP contribution < -0.4 is 0 Å². The highest BCUT2D eigenvalue weighted by atomic mass is 16.5. The summed E-state index contributed by atoms with van der Waals surface area (Å²) in [6.45, 7) is 4.03. The lowest BCUT2D eigenvalue weighted by Gasteiger charge is -2.53. The Labute approximate surface area is 269 Å². The first kappa shape index (κ1) is 33.5. The van der Waals surface area contributed by atoms with Gasteiger partial charge < -0.3 is 14.9 Å². The van der Waals surface area contributed by atoms with Crippen molar-refractivity contribution in [3.8, 4) is 5.75 Å². The van der Waals surface area contributed by atoms with Gasteiger partial charge in [0.05, 0.1) is 12.7 Å². The molecular weight excluding hydrogens is 540 g/mol. The Morgan fingerprint density at radius 3 is 2.07 bits per heavy atom. The Morgan fingerprint density at radius 2 is 1.39 bits per heavy atom. The van der Waals surface area contributed by atoms with Gasteiger partial charge in [0.15, 0.2) is 0 Å². The molecule has 3 unspecified atom stereocenters. The van der Waals surface area contributed by atoms with E-state index >= 15 is 0 Å². The third-order valence-electron chi connectivity index (χ3n) is 12.1. The highest BCUT2D eigenvalue weighted by molar-refractivity contribution is 5.40. The zero-order valence-electron chi connectivity index (χ0n) is 27.9. The van der Waals surface area contributed by atoms with E-state index in [4.69, 9.17) is 4.74 Å². The average molecular weight is 603 g/mol. The monoisotopic (exact) mass is 602 g/mol. The quantitative estimate of drug-likeness (QED) is 0.157. The average Bonchev–Trinajstić information content (AvgIpc) is 3.34. The number of aliphatic hydroxyl groups is 1. The van der Waals surface area contributed by atoms with Crippen LogP contribution in [0.25, 0.3) is 0 Å². The maximum Gasteiger partial charge on any atom is 0.115 e. The van der Waals surface area contributed by atoms with Crippen LogP contribution in [0.5, 0.6) is 5.75 Å². The number of benzene rings is 2. The second-order valence-corrected chi connectivity index (χ2v) is 15.1. The minimum absolute atomic E-state index is 0.114. The molecule has 2 N–H and O–H groups in total. The normalized spacial score (nSPS) is 27.5. The van der Waals surface area contributed by atoms with Crippen LogP contribution in [0.1, 0.15) is 152 Å². The van der Waals surface area contributed by atoms with E-state index in [1.165, 1.54) is 126 Å². The second kappa shape index (κ2) is 17.2. The van der Waals surface area contributed by atoms with Crippen LogP contribution in [-0.4, -0.2) is 22.9 Å². The van der Waals surface area contributed by atoms with E-state index in [0.717, 1.165) is 32.5 Å². The van der Waals surface area contributed by atoms with Gasteiger partial charge in [-0.2, -0.15) is 0 Å². The summed E-state index contributed by atoms with van der Waals surface area (Å²) in [6.07, 6.45) is 26.0. The highest BCUT2D eigenvalue weighted by Gasteiger charge is 2.56. The number of phenolic OH excluding ortho intramolecular Hbond substituents is 1. The fourth-order valence-electron chi connectivity index (χ4n) is 9.53. The molecule has 0 aromatic heterocycles. The number of aromatic hydroxyl groups is 1. The van der Waals surface area contributed by atoms with Crippen molar-refractivity contribution in [2.75, 3.05) is 6.61 Å². The molecule has 5 rings (SSSR count). The van der Waals surface area contributed by atoms with Crippen LogP contribution >= 0.6 is 0 Å². The Balaban J connectivity index is 0.887. The Hall–Kier alpha value is -1.84. The van der Waals surface area contributed by atoms with Crippen LogP contribution in [-0.2, 0) is 17.8 Å². The van der Waals surface area contributed by atoms with Crippen molar-refractivity contribution in [2.24, 2.45) is 23.2 Å². The summed E-state index contributed by atoms with van der Waals surface area (Å²) in [5.74, 6) is 3.12. The van der Waals surface area contributed by atoms with Gasteiger partial charge in [-0.3, -0.25) is 0 Å². The zero-order valence-corrected chi connectivity index (χ0v) is 27.9. The van der Waals surface area contributed by atoms with Gasteiger partial charge in [-0.15, -0.1) is 0 Å². The van der Waals surface area contributed by atoms with Gasteiger partial charge in [0.1, 0.15) is 5.75 Å². The van der Waals surface area contributed by atoms with Gasteiger partial charge in [-0.25, -0.2) is 0 Å². The fourth-order valence-corrected chi connectivity index (χ4v) is 9.53. The van der Waals surface area contributed by atoms with E-state index in [1.807, 2.05) is 6.07 Å². The summed E-state index contributed by atoms with van der Waals surface area (Å²) >= 11 is 0. The van der Waals surface area contributed by atoms with Crippen LogP contribution in [0.15, 0.2) is 48.5 Å². The number of hydrogen-bond donors (Lipinski definition) is 2. The molecule has 44 heavy (non-hydrogen) atoms. The topological polar surface area (TPSA) is 49.7 Å². The lowest BCUT2D eigenvalue weighted by atomic mass is 9.52. The summed E-state index contributed by atoms with van der Waals surface area (Å²) in [7, 11) is 0. The summed E-state index contributed by atoms with van der Waals surface area (Å²) in [4.78, 5) is 0. The SMILES string of the molecule is C[C@]12CCC3c4ccc(O)cc4C[C@@H](CCCCCCCCCCCCCCCCOCc4ccccc4)C3C1CC[C@@H]2O. The molecule has 244 valence electrons. The highest BCUT2D eigenvalue weighted by Crippen LogP contribution is 2.62. The molecule has 3 nitrogen and oxygen atoms in total. The van der Waals surface area contributed by atoms with Gasteiger partial charge in [-0.05, 0) is 103 Å². The molecule has 0 amide bonds. The van der Waals surface area contributed by atoms with E-state index in [0.29, 0.717) is 29.4 Å². The molecule has 0 saturated heterocycles. The summed E-state index contributed by atoms with van der Waals surface area (Å²) in [5.41, 5.74) is 4.30. The lowest BCUT2D eigenvalue weighted by Crippen LogP contribution is -2.47. The number of fused-ring (bicyclic) bond motifs is 5. The molecule has 2 aromatic carbocycles. The van der Waals surface area contributed by atoms with E-state index < -0.39 is 0 Å².